The molecule has 3 rings (SSSR count). The number of aromatic amines is 1. The lowest BCUT2D eigenvalue weighted by Gasteiger charge is -2.17. The molecule has 0 aliphatic heterocycles. The highest BCUT2D eigenvalue weighted by atomic mass is 32.2. The minimum atomic E-state index is -1.22. The van der Waals surface area contributed by atoms with E-state index in [0.29, 0.717) is 27.7 Å². The van der Waals surface area contributed by atoms with E-state index in [9.17, 15) is 4.79 Å². The van der Waals surface area contributed by atoms with Gasteiger partial charge in [-0.15, -0.1) is 11.8 Å². The van der Waals surface area contributed by atoms with Crippen molar-refractivity contribution in [3.63, 3.8) is 0 Å². The molecule has 0 atom stereocenters. The molecule has 0 unspecified atom stereocenters. The van der Waals surface area contributed by atoms with Gasteiger partial charge in [-0.3, -0.25) is 4.79 Å². The Kier molecular flexibility index (Phi) is 7.74. The molecule has 3 aromatic rings. The van der Waals surface area contributed by atoms with Crippen LogP contribution in [0.15, 0.2) is 47.5 Å². The Hall–Kier alpha value is -2.64. The molecule has 0 fully saturated rings. The Morgan fingerprint density at radius 1 is 1.03 bits per heavy atom. The van der Waals surface area contributed by atoms with Gasteiger partial charge in [-0.1, -0.05) is 37.8 Å². The second-order valence-electron chi connectivity index (χ2n) is 8.70. The summed E-state index contributed by atoms with van der Waals surface area (Å²) in [7, 11) is 3.43. The van der Waals surface area contributed by atoms with Gasteiger partial charge >= 0.3 is 0 Å². The summed E-state index contributed by atoms with van der Waals surface area (Å²) in [6.07, 6.45) is 3.94. The van der Waals surface area contributed by atoms with Crippen molar-refractivity contribution in [1.82, 2.24) is 4.98 Å². The van der Waals surface area contributed by atoms with E-state index in [1.807, 2.05) is 30.5 Å². The Bertz CT molecular complexity index is 1110. The first-order valence-electron chi connectivity index (χ1n) is 10.5. The number of para-hydroxylation sites is 1. The predicted molar refractivity (Wildman–Crippen MR) is 137 cm³/mol. The number of ketones is 1. The van der Waals surface area contributed by atoms with E-state index in [0.717, 1.165) is 28.3 Å². The number of nitrogens with one attached hydrogen (secondary N) is 1. The number of carbonyl (C=O) groups is 1. The molecule has 0 spiro atoms. The van der Waals surface area contributed by atoms with E-state index in [4.69, 9.17) is 14.2 Å². The fourth-order valence-electron chi connectivity index (χ4n) is 3.35. The number of allylic oxidation sites excluding steroid dienone is 1. The largest absolute Gasteiger partial charge is 0.493 e. The molecule has 0 aliphatic rings. The van der Waals surface area contributed by atoms with Crippen molar-refractivity contribution in [2.45, 2.75) is 25.7 Å². The van der Waals surface area contributed by atoms with Crippen LogP contribution in [0.2, 0.25) is 25.7 Å². The molecule has 1 aromatic heterocycles. The lowest BCUT2D eigenvalue weighted by atomic mass is 10.1. The molecule has 1 N–H and O–H groups in total. The summed E-state index contributed by atoms with van der Waals surface area (Å²) >= 11 is 1.61. The predicted octanol–water partition coefficient (Wildman–Crippen LogP) is 6.49. The molecule has 0 aliphatic carbocycles. The van der Waals surface area contributed by atoms with Gasteiger partial charge in [-0.2, -0.15) is 0 Å². The monoisotopic (exact) mass is 469 g/mol. The third-order valence-electron chi connectivity index (χ3n) is 5.17. The lowest BCUT2D eigenvalue weighted by molar-refractivity contribution is 0.104. The van der Waals surface area contributed by atoms with Gasteiger partial charge in [0.2, 0.25) is 5.75 Å². The Morgan fingerprint density at radius 2 is 1.69 bits per heavy atom. The second-order valence-corrected chi connectivity index (χ2v) is 15.5. The molecule has 1 heterocycles. The SMILES string of the molecule is COc1cc(C(=O)/C(=C\c2c[nH]c3ccccc23)SCC[Si](C)(C)C)cc(OC)c1OC. The van der Waals surface area contributed by atoms with Gasteiger partial charge in [0.15, 0.2) is 17.3 Å². The molecule has 0 saturated carbocycles. The van der Waals surface area contributed by atoms with Crippen molar-refractivity contribution in [2.75, 3.05) is 27.1 Å². The second kappa shape index (κ2) is 10.3. The molecular weight excluding hydrogens is 438 g/mol. The number of fused-ring (bicyclic) bond motifs is 1. The van der Waals surface area contributed by atoms with E-state index < -0.39 is 8.07 Å². The van der Waals surface area contributed by atoms with Crippen molar-refractivity contribution in [3.8, 4) is 17.2 Å². The van der Waals surface area contributed by atoms with Crippen molar-refractivity contribution in [2.24, 2.45) is 0 Å². The highest BCUT2D eigenvalue weighted by Crippen LogP contribution is 2.39. The first-order valence-corrected chi connectivity index (χ1v) is 15.2. The highest BCUT2D eigenvalue weighted by Gasteiger charge is 2.21. The third-order valence-corrected chi connectivity index (χ3v) is 8.30. The summed E-state index contributed by atoms with van der Waals surface area (Å²) in [5.41, 5.74) is 2.55. The summed E-state index contributed by atoms with van der Waals surface area (Å²) in [5, 5.41) is 1.09. The lowest BCUT2D eigenvalue weighted by Crippen LogP contribution is -2.20. The van der Waals surface area contributed by atoms with Crippen LogP contribution in [0.3, 0.4) is 0 Å². The number of hydrogen-bond acceptors (Lipinski definition) is 5. The quantitative estimate of drug-likeness (QED) is 0.209. The smallest absolute Gasteiger partial charge is 0.203 e. The Balaban J connectivity index is 2.04. The number of ether oxygens (including phenoxy) is 3. The highest BCUT2D eigenvalue weighted by molar-refractivity contribution is 8.04. The van der Waals surface area contributed by atoms with Gasteiger partial charge in [0.1, 0.15) is 0 Å². The van der Waals surface area contributed by atoms with Gasteiger partial charge in [0, 0.05) is 36.3 Å². The Morgan fingerprint density at radius 3 is 2.28 bits per heavy atom. The zero-order valence-corrected chi connectivity index (χ0v) is 21.4. The normalized spacial score (nSPS) is 12.1. The van der Waals surface area contributed by atoms with Crippen LogP contribution in [0.1, 0.15) is 15.9 Å². The van der Waals surface area contributed by atoms with Crippen LogP contribution in [-0.2, 0) is 0 Å². The van der Waals surface area contributed by atoms with Crippen LogP contribution in [0.5, 0.6) is 17.2 Å². The molecule has 0 radical (unpaired) electrons. The first-order chi connectivity index (χ1) is 15.3. The van der Waals surface area contributed by atoms with Crippen LogP contribution in [0, 0.1) is 0 Å². The molecular formula is C25H31NO4SSi. The number of methoxy groups -OCH3 is 3. The zero-order valence-electron chi connectivity index (χ0n) is 19.6. The number of Topliss-reactive ketones (excluding diaryl/α,β-unsaturated/α-hetero) is 1. The summed E-state index contributed by atoms with van der Waals surface area (Å²) in [6.45, 7) is 7.03. The maximum absolute atomic E-state index is 13.7. The topological polar surface area (TPSA) is 60.6 Å². The average molecular weight is 470 g/mol. The minimum Gasteiger partial charge on any atom is -0.493 e. The summed E-state index contributed by atoms with van der Waals surface area (Å²) in [5.74, 6) is 2.25. The van der Waals surface area contributed by atoms with Crippen molar-refractivity contribution in [3.05, 3.63) is 58.6 Å². The standard InChI is InChI=1S/C25H31NO4SSi/c1-28-21-13-17(14-22(29-2)25(21)30-3)24(27)23(31-11-12-32(4,5)6)15-18-16-26-20-10-8-7-9-19(18)20/h7-10,13-16,26H,11-12H2,1-6H3/b23-15+. The summed E-state index contributed by atoms with van der Waals surface area (Å²) in [6, 6.07) is 12.7. The van der Waals surface area contributed by atoms with Crippen LogP contribution < -0.4 is 14.2 Å². The number of aromatic nitrogens is 1. The number of benzene rings is 2. The third kappa shape index (κ3) is 5.58. The number of rotatable bonds is 10. The fourth-order valence-corrected chi connectivity index (χ4v) is 6.89. The van der Waals surface area contributed by atoms with Gasteiger partial charge in [-0.05, 0) is 36.1 Å². The van der Waals surface area contributed by atoms with Gasteiger partial charge < -0.3 is 19.2 Å². The van der Waals surface area contributed by atoms with Crippen LogP contribution in [-0.4, -0.2) is 45.9 Å². The van der Waals surface area contributed by atoms with E-state index in [-0.39, 0.29) is 5.78 Å². The van der Waals surface area contributed by atoms with Crippen LogP contribution >= 0.6 is 11.8 Å². The van der Waals surface area contributed by atoms with E-state index in [1.54, 1.807) is 45.2 Å². The van der Waals surface area contributed by atoms with Gasteiger partial charge in [0.05, 0.1) is 26.2 Å². The van der Waals surface area contributed by atoms with E-state index >= 15 is 0 Å². The summed E-state index contributed by atoms with van der Waals surface area (Å²) < 4.78 is 16.3. The van der Waals surface area contributed by atoms with Crippen LogP contribution in [0.4, 0.5) is 0 Å². The van der Waals surface area contributed by atoms with Gasteiger partial charge in [0.25, 0.3) is 0 Å². The number of H-pyrrole nitrogens is 1. The Labute approximate surface area is 195 Å². The van der Waals surface area contributed by atoms with Crippen molar-refractivity contribution < 1.29 is 19.0 Å². The number of thioether (sulfide) groups is 1. The maximum Gasteiger partial charge on any atom is 0.203 e. The molecule has 7 heteroatoms. The molecule has 0 saturated heterocycles. The molecule has 32 heavy (non-hydrogen) atoms. The van der Waals surface area contributed by atoms with E-state index in [1.165, 1.54) is 0 Å². The molecule has 5 nitrogen and oxygen atoms in total. The van der Waals surface area contributed by atoms with Crippen molar-refractivity contribution >= 4 is 42.6 Å². The molecule has 0 amide bonds. The number of hydrogen-bond donors (Lipinski definition) is 1. The molecule has 0 bridgehead atoms. The number of carbonyl (C=O) groups excluding carboxylic acids is 1. The molecule has 170 valence electrons. The average Bonchev–Trinajstić information content (AvgIpc) is 3.18. The van der Waals surface area contributed by atoms with Crippen molar-refractivity contribution in [1.29, 1.82) is 0 Å². The summed E-state index contributed by atoms with van der Waals surface area (Å²) in [4.78, 5) is 17.6. The van der Waals surface area contributed by atoms with Crippen LogP contribution in [0.25, 0.3) is 17.0 Å². The van der Waals surface area contributed by atoms with E-state index in [2.05, 4.69) is 30.7 Å². The fraction of sp³-hybridized carbons (Fsp3) is 0.320. The zero-order chi connectivity index (χ0) is 23.3. The minimum absolute atomic E-state index is 0.0601. The maximum atomic E-state index is 13.7. The van der Waals surface area contributed by atoms with Gasteiger partial charge in [-0.25, -0.2) is 0 Å². The first kappa shape index (κ1) is 24.0. The molecule has 2 aromatic carbocycles.